The van der Waals surface area contributed by atoms with Gasteiger partial charge in [-0.05, 0) is 27.2 Å². The smallest absolute Gasteiger partial charge is 0.324 e. The Morgan fingerprint density at radius 1 is 1.31 bits per heavy atom. The topological polar surface area (TPSA) is 38.3 Å². The van der Waals surface area contributed by atoms with E-state index in [1.165, 1.54) is 0 Å². The van der Waals surface area contributed by atoms with Crippen LogP contribution in [0.5, 0.6) is 0 Å². The highest BCUT2D eigenvalue weighted by atomic mass is 16.7. The fourth-order valence-electron chi connectivity index (χ4n) is 0.780. The van der Waals surface area contributed by atoms with E-state index in [1.54, 1.807) is 0 Å². The molecular formula is C10H21NO2. The van der Waals surface area contributed by atoms with Crippen molar-refractivity contribution in [2.24, 2.45) is 0 Å². The third-order valence-electron chi connectivity index (χ3n) is 1.46. The van der Waals surface area contributed by atoms with Gasteiger partial charge in [-0.15, -0.1) is 5.48 Å². The Balaban J connectivity index is 3.41. The number of rotatable bonds is 5. The lowest BCUT2D eigenvalue weighted by atomic mass is 10.1. The minimum atomic E-state index is -0.166. The summed E-state index contributed by atoms with van der Waals surface area (Å²) in [7, 11) is 0. The number of hydrogen-bond acceptors (Lipinski definition) is 3. The van der Waals surface area contributed by atoms with Gasteiger partial charge in [0.2, 0.25) is 0 Å². The van der Waals surface area contributed by atoms with Crippen molar-refractivity contribution in [3.8, 4) is 0 Å². The molecule has 0 saturated carbocycles. The van der Waals surface area contributed by atoms with Gasteiger partial charge in [0.1, 0.15) is 0 Å². The summed E-state index contributed by atoms with van der Waals surface area (Å²) in [6.45, 7) is 7.96. The molecule has 0 heterocycles. The van der Waals surface area contributed by atoms with Gasteiger partial charge in [0, 0.05) is 12.0 Å². The van der Waals surface area contributed by atoms with Crippen molar-refractivity contribution in [1.82, 2.24) is 5.48 Å². The molecule has 3 nitrogen and oxygen atoms in total. The minimum Gasteiger partial charge on any atom is -0.370 e. The maximum Gasteiger partial charge on any atom is 0.324 e. The fourth-order valence-corrected chi connectivity index (χ4v) is 0.780. The highest BCUT2D eigenvalue weighted by Gasteiger charge is 2.11. The van der Waals surface area contributed by atoms with Gasteiger partial charge >= 0.3 is 5.97 Å². The van der Waals surface area contributed by atoms with E-state index >= 15 is 0 Å². The van der Waals surface area contributed by atoms with Crippen LogP contribution in [0.2, 0.25) is 0 Å². The van der Waals surface area contributed by atoms with Crippen molar-refractivity contribution in [3.05, 3.63) is 0 Å². The Hall–Kier alpha value is -0.570. The molecule has 78 valence electrons. The molecular weight excluding hydrogens is 166 g/mol. The third kappa shape index (κ3) is 9.34. The van der Waals surface area contributed by atoms with E-state index in [2.05, 4.69) is 12.4 Å². The molecule has 0 aliphatic rings. The summed E-state index contributed by atoms with van der Waals surface area (Å²) >= 11 is 0. The van der Waals surface area contributed by atoms with Crippen molar-refractivity contribution in [1.29, 1.82) is 0 Å². The number of hydrogen-bond donors (Lipinski definition) is 1. The Labute approximate surface area is 80.8 Å². The van der Waals surface area contributed by atoms with Gasteiger partial charge in [-0.25, -0.2) is 0 Å². The summed E-state index contributed by atoms with van der Waals surface area (Å²) in [6, 6.07) is 0. The molecule has 3 heteroatoms. The van der Waals surface area contributed by atoms with Crippen molar-refractivity contribution in [3.63, 3.8) is 0 Å². The van der Waals surface area contributed by atoms with Crippen LogP contribution in [0.15, 0.2) is 0 Å². The van der Waals surface area contributed by atoms with E-state index in [0.717, 1.165) is 19.3 Å². The highest BCUT2D eigenvalue weighted by molar-refractivity contribution is 5.68. The molecule has 0 atom stereocenters. The number of hydroxylamine groups is 1. The predicted octanol–water partition coefficient (Wildman–Crippen LogP) is 2.41. The van der Waals surface area contributed by atoms with Crippen molar-refractivity contribution >= 4 is 5.97 Å². The summed E-state index contributed by atoms with van der Waals surface area (Å²) < 4.78 is 0. The molecule has 0 radical (unpaired) electrons. The van der Waals surface area contributed by atoms with E-state index in [-0.39, 0.29) is 11.5 Å². The molecule has 0 spiro atoms. The summed E-state index contributed by atoms with van der Waals surface area (Å²) in [5.74, 6) is -0.164. The Bertz CT molecular complexity index is 149. The summed E-state index contributed by atoms with van der Waals surface area (Å²) in [5.41, 5.74) is 2.53. The van der Waals surface area contributed by atoms with Crippen LogP contribution in [0, 0.1) is 0 Å². The van der Waals surface area contributed by atoms with Crippen LogP contribution in [0.1, 0.15) is 53.4 Å². The number of carbonyl (C=O) groups excluding carboxylic acids is 1. The lowest BCUT2D eigenvalue weighted by Gasteiger charge is -2.19. The van der Waals surface area contributed by atoms with Crippen LogP contribution in [0.4, 0.5) is 0 Å². The molecule has 0 bridgehead atoms. The van der Waals surface area contributed by atoms with Gasteiger partial charge in [0.25, 0.3) is 0 Å². The number of carbonyl (C=O) groups is 1. The van der Waals surface area contributed by atoms with Gasteiger partial charge in [-0.2, -0.15) is 0 Å². The lowest BCUT2D eigenvalue weighted by Crippen LogP contribution is -2.37. The maximum atomic E-state index is 11.1. The van der Waals surface area contributed by atoms with Crippen LogP contribution in [-0.4, -0.2) is 11.5 Å². The second-order valence-electron chi connectivity index (χ2n) is 4.28. The summed E-state index contributed by atoms with van der Waals surface area (Å²) in [4.78, 5) is 15.9. The molecule has 0 aromatic heterocycles. The van der Waals surface area contributed by atoms with E-state index in [0.29, 0.717) is 6.42 Å². The van der Waals surface area contributed by atoms with Crippen molar-refractivity contribution < 1.29 is 9.63 Å². The fraction of sp³-hybridized carbons (Fsp3) is 0.900. The number of nitrogens with one attached hydrogen (secondary N) is 1. The normalized spacial score (nSPS) is 11.4. The molecule has 0 aromatic carbocycles. The number of unbranched alkanes of at least 4 members (excludes halogenated alkanes) is 2. The van der Waals surface area contributed by atoms with E-state index in [9.17, 15) is 4.79 Å². The van der Waals surface area contributed by atoms with Crippen molar-refractivity contribution in [2.75, 3.05) is 0 Å². The molecule has 0 aromatic rings. The highest BCUT2D eigenvalue weighted by Crippen LogP contribution is 2.02. The first kappa shape index (κ1) is 12.4. The Morgan fingerprint density at radius 2 is 1.92 bits per heavy atom. The zero-order chi connectivity index (χ0) is 10.3. The van der Waals surface area contributed by atoms with Crippen LogP contribution >= 0.6 is 0 Å². The van der Waals surface area contributed by atoms with E-state index < -0.39 is 0 Å². The van der Waals surface area contributed by atoms with Crippen LogP contribution < -0.4 is 5.48 Å². The first-order valence-corrected chi connectivity index (χ1v) is 4.92. The molecule has 0 unspecified atom stereocenters. The van der Waals surface area contributed by atoms with Gasteiger partial charge in [-0.3, -0.25) is 4.79 Å². The van der Waals surface area contributed by atoms with Gasteiger partial charge in [0.15, 0.2) is 0 Å². The minimum absolute atomic E-state index is 0.164. The van der Waals surface area contributed by atoms with Crippen molar-refractivity contribution in [2.45, 2.75) is 58.9 Å². The first-order valence-electron chi connectivity index (χ1n) is 4.92. The van der Waals surface area contributed by atoms with Gasteiger partial charge < -0.3 is 4.84 Å². The Kier molecular flexibility index (Phi) is 5.71. The first-order chi connectivity index (χ1) is 5.95. The largest absolute Gasteiger partial charge is 0.370 e. The van der Waals surface area contributed by atoms with Crippen LogP contribution in [-0.2, 0) is 9.63 Å². The average Bonchev–Trinajstić information content (AvgIpc) is 2.00. The zero-order valence-electron chi connectivity index (χ0n) is 9.14. The quantitative estimate of drug-likeness (QED) is 0.530. The molecule has 0 aliphatic heterocycles. The molecule has 0 aliphatic carbocycles. The average molecular weight is 187 g/mol. The second-order valence-corrected chi connectivity index (χ2v) is 4.28. The standard InChI is InChI=1S/C10H21NO2/c1-5-6-7-8-9(12)13-11-10(2,3)4/h11H,5-8H2,1-4H3. The molecule has 1 N–H and O–H groups in total. The summed E-state index contributed by atoms with van der Waals surface area (Å²) in [6.07, 6.45) is 3.64. The van der Waals surface area contributed by atoms with Gasteiger partial charge in [-0.1, -0.05) is 19.8 Å². The molecule has 0 fully saturated rings. The molecule has 0 saturated heterocycles. The Morgan fingerprint density at radius 3 is 2.38 bits per heavy atom. The van der Waals surface area contributed by atoms with Crippen LogP contribution in [0.25, 0.3) is 0 Å². The van der Waals surface area contributed by atoms with Gasteiger partial charge in [0.05, 0.1) is 0 Å². The maximum absolute atomic E-state index is 11.1. The molecule has 0 rings (SSSR count). The molecule has 0 amide bonds. The van der Waals surface area contributed by atoms with E-state index in [4.69, 9.17) is 4.84 Å². The monoisotopic (exact) mass is 187 g/mol. The zero-order valence-corrected chi connectivity index (χ0v) is 9.14. The SMILES string of the molecule is CCCCCC(=O)ONC(C)(C)C. The predicted molar refractivity (Wildman–Crippen MR) is 53.1 cm³/mol. The second kappa shape index (κ2) is 5.97. The summed E-state index contributed by atoms with van der Waals surface area (Å²) in [5, 5.41) is 0. The molecule has 13 heavy (non-hydrogen) atoms. The van der Waals surface area contributed by atoms with Crippen LogP contribution in [0.3, 0.4) is 0 Å². The third-order valence-corrected chi connectivity index (χ3v) is 1.46. The lowest BCUT2D eigenvalue weighted by molar-refractivity contribution is -0.155. The van der Waals surface area contributed by atoms with E-state index in [1.807, 2.05) is 20.8 Å².